The average molecular weight is 319 g/mol. The molecule has 0 saturated heterocycles. The van der Waals surface area contributed by atoms with E-state index >= 15 is 0 Å². The van der Waals surface area contributed by atoms with Crippen LogP contribution in [0.25, 0.3) is 0 Å². The number of anilines is 1. The van der Waals surface area contributed by atoms with Crippen molar-refractivity contribution in [2.45, 2.75) is 6.42 Å². The Kier molecular flexibility index (Phi) is 5.56. The van der Waals surface area contributed by atoms with Crippen LogP contribution in [0.1, 0.15) is 5.56 Å². The molecule has 23 heavy (non-hydrogen) atoms. The zero-order chi connectivity index (χ0) is 16.7. The van der Waals surface area contributed by atoms with Gasteiger partial charge in [0.15, 0.2) is 17.3 Å². The Morgan fingerprint density at radius 1 is 1.13 bits per heavy atom. The minimum atomic E-state index is -0.800. The summed E-state index contributed by atoms with van der Waals surface area (Å²) in [7, 11) is 3.11. The molecule has 0 aliphatic heterocycles. The zero-order valence-corrected chi connectivity index (χ0v) is 12.8. The smallest absolute Gasteiger partial charge is 0.314 e. The number of ether oxygens (including phenoxy) is 2. The minimum Gasteiger partial charge on any atom is -0.493 e. The van der Waals surface area contributed by atoms with Crippen molar-refractivity contribution in [1.82, 2.24) is 10.5 Å². The van der Waals surface area contributed by atoms with E-state index in [9.17, 15) is 9.59 Å². The number of benzene rings is 1. The highest BCUT2D eigenvalue weighted by Crippen LogP contribution is 2.27. The fraction of sp³-hybridized carbons (Fsp3) is 0.267. The average Bonchev–Trinajstić information content (AvgIpc) is 3.07. The van der Waals surface area contributed by atoms with Crippen LogP contribution in [0.5, 0.6) is 11.5 Å². The van der Waals surface area contributed by atoms with E-state index in [1.165, 1.54) is 12.3 Å². The van der Waals surface area contributed by atoms with Gasteiger partial charge in [0.05, 0.1) is 14.2 Å². The molecular weight excluding hydrogens is 302 g/mol. The summed E-state index contributed by atoms with van der Waals surface area (Å²) in [5.74, 6) is -0.114. The molecule has 0 radical (unpaired) electrons. The van der Waals surface area contributed by atoms with Crippen LogP contribution in [0.15, 0.2) is 35.1 Å². The molecule has 2 amide bonds. The lowest BCUT2D eigenvalue weighted by Gasteiger charge is -2.10. The van der Waals surface area contributed by atoms with E-state index in [0.717, 1.165) is 5.56 Å². The van der Waals surface area contributed by atoms with Crippen molar-refractivity contribution in [2.75, 3.05) is 26.1 Å². The summed E-state index contributed by atoms with van der Waals surface area (Å²) in [5.41, 5.74) is 0.944. The van der Waals surface area contributed by atoms with E-state index in [-0.39, 0.29) is 5.82 Å². The molecule has 2 N–H and O–H groups in total. The van der Waals surface area contributed by atoms with Crippen molar-refractivity contribution in [3.05, 3.63) is 36.1 Å². The first kappa shape index (κ1) is 16.3. The second-order valence-corrected chi connectivity index (χ2v) is 4.53. The maximum atomic E-state index is 11.7. The monoisotopic (exact) mass is 319 g/mol. The highest BCUT2D eigenvalue weighted by Gasteiger charge is 2.14. The highest BCUT2D eigenvalue weighted by molar-refractivity contribution is 6.39. The summed E-state index contributed by atoms with van der Waals surface area (Å²) < 4.78 is 14.9. The largest absolute Gasteiger partial charge is 0.493 e. The molecule has 0 aliphatic carbocycles. The summed E-state index contributed by atoms with van der Waals surface area (Å²) in [5, 5.41) is 8.33. The van der Waals surface area contributed by atoms with Crippen molar-refractivity contribution in [2.24, 2.45) is 0 Å². The molecule has 2 rings (SSSR count). The van der Waals surface area contributed by atoms with E-state index in [2.05, 4.69) is 20.3 Å². The molecule has 0 saturated carbocycles. The van der Waals surface area contributed by atoms with Gasteiger partial charge in [-0.3, -0.25) is 14.9 Å². The summed E-state index contributed by atoms with van der Waals surface area (Å²) in [6, 6.07) is 6.91. The molecule has 1 heterocycles. The summed E-state index contributed by atoms with van der Waals surface area (Å²) in [6.07, 6.45) is 1.84. The van der Waals surface area contributed by atoms with Gasteiger partial charge in [-0.1, -0.05) is 11.2 Å². The van der Waals surface area contributed by atoms with Crippen molar-refractivity contribution >= 4 is 17.6 Å². The molecule has 0 spiro atoms. The number of rotatable bonds is 6. The number of amides is 2. The first-order valence-corrected chi connectivity index (χ1v) is 6.84. The molecular formula is C15H17N3O5. The molecule has 1 aromatic carbocycles. The Labute approximate surface area is 132 Å². The van der Waals surface area contributed by atoms with Gasteiger partial charge in [0.25, 0.3) is 0 Å². The topological polar surface area (TPSA) is 103 Å². The van der Waals surface area contributed by atoms with E-state index in [1.54, 1.807) is 20.3 Å². The minimum absolute atomic E-state index is 0.185. The fourth-order valence-corrected chi connectivity index (χ4v) is 1.89. The molecule has 8 heteroatoms. The quantitative estimate of drug-likeness (QED) is 0.770. The predicted molar refractivity (Wildman–Crippen MR) is 81.4 cm³/mol. The Morgan fingerprint density at radius 3 is 2.57 bits per heavy atom. The van der Waals surface area contributed by atoms with Gasteiger partial charge in [0.2, 0.25) is 0 Å². The van der Waals surface area contributed by atoms with Gasteiger partial charge < -0.3 is 19.3 Å². The number of aromatic nitrogens is 1. The number of carbonyl (C=O) groups excluding carboxylic acids is 2. The van der Waals surface area contributed by atoms with Gasteiger partial charge in [-0.05, 0) is 24.1 Å². The molecule has 0 fully saturated rings. The molecule has 2 aromatic rings. The van der Waals surface area contributed by atoms with Crippen LogP contribution in [-0.2, 0) is 16.0 Å². The van der Waals surface area contributed by atoms with Gasteiger partial charge in [-0.15, -0.1) is 0 Å². The number of methoxy groups -OCH3 is 2. The number of hydrogen-bond donors (Lipinski definition) is 2. The number of carbonyl (C=O) groups is 2. The van der Waals surface area contributed by atoms with E-state index in [0.29, 0.717) is 24.5 Å². The predicted octanol–water partition coefficient (Wildman–Crippen LogP) is 0.989. The molecule has 0 bridgehead atoms. The third-order valence-corrected chi connectivity index (χ3v) is 3.03. The van der Waals surface area contributed by atoms with Crippen LogP contribution < -0.4 is 20.1 Å². The van der Waals surface area contributed by atoms with Crippen LogP contribution >= 0.6 is 0 Å². The van der Waals surface area contributed by atoms with Crippen molar-refractivity contribution < 1.29 is 23.6 Å². The van der Waals surface area contributed by atoms with Crippen molar-refractivity contribution in [3.63, 3.8) is 0 Å². The van der Waals surface area contributed by atoms with Gasteiger partial charge >= 0.3 is 11.8 Å². The number of nitrogens with zero attached hydrogens (tertiary/aromatic N) is 1. The lowest BCUT2D eigenvalue weighted by atomic mass is 10.1. The standard InChI is InChI=1S/C15H17N3O5/c1-21-11-4-3-10(9-12(11)22-2)5-7-16-14(19)15(20)17-13-6-8-23-18-13/h3-4,6,8-9H,5,7H2,1-2H3,(H,16,19)(H,17,18,20). The zero-order valence-electron chi connectivity index (χ0n) is 12.8. The van der Waals surface area contributed by atoms with Crippen LogP contribution in [0.4, 0.5) is 5.82 Å². The fourth-order valence-electron chi connectivity index (χ4n) is 1.89. The van der Waals surface area contributed by atoms with Crippen molar-refractivity contribution in [3.8, 4) is 11.5 Å². The van der Waals surface area contributed by atoms with Gasteiger partial charge in [0.1, 0.15) is 6.26 Å². The normalized spacial score (nSPS) is 10.0. The molecule has 1 aromatic heterocycles. The summed E-state index contributed by atoms with van der Waals surface area (Å²) in [6.45, 7) is 0.306. The Morgan fingerprint density at radius 2 is 1.91 bits per heavy atom. The Bertz CT molecular complexity index is 670. The molecule has 0 unspecified atom stereocenters. The lowest BCUT2D eigenvalue weighted by Crippen LogP contribution is -2.36. The van der Waals surface area contributed by atoms with E-state index in [1.807, 2.05) is 12.1 Å². The summed E-state index contributed by atoms with van der Waals surface area (Å²) >= 11 is 0. The van der Waals surface area contributed by atoms with Gasteiger partial charge in [-0.2, -0.15) is 0 Å². The second kappa shape index (κ2) is 7.83. The molecule has 0 aliphatic rings. The number of nitrogens with one attached hydrogen (secondary N) is 2. The summed E-state index contributed by atoms with van der Waals surface area (Å²) in [4.78, 5) is 23.3. The number of hydrogen-bond acceptors (Lipinski definition) is 6. The van der Waals surface area contributed by atoms with Crippen LogP contribution in [0.2, 0.25) is 0 Å². The second-order valence-electron chi connectivity index (χ2n) is 4.53. The third-order valence-electron chi connectivity index (χ3n) is 3.03. The van der Waals surface area contributed by atoms with E-state index in [4.69, 9.17) is 9.47 Å². The van der Waals surface area contributed by atoms with Crippen LogP contribution in [0, 0.1) is 0 Å². The molecule has 122 valence electrons. The lowest BCUT2D eigenvalue weighted by molar-refractivity contribution is -0.136. The van der Waals surface area contributed by atoms with Gasteiger partial charge in [0, 0.05) is 12.6 Å². The molecule has 8 nitrogen and oxygen atoms in total. The highest BCUT2D eigenvalue weighted by atomic mass is 16.5. The maximum absolute atomic E-state index is 11.7. The molecule has 0 atom stereocenters. The third kappa shape index (κ3) is 4.47. The Balaban J connectivity index is 1.82. The van der Waals surface area contributed by atoms with Crippen molar-refractivity contribution in [1.29, 1.82) is 0 Å². The van der Waals surface area contributed by atoms with E-state index < -0.39 is 11.8 Å². The van der Waals surface area contributed by atoms with Crippen LogP contribution in [-0.4, -0.2) is 37.7 Å². The van der Waals surface area contributed by atoms with Gasteiger partial charge in [-0.25, -0.2) is 0 Å². The Hall–Kier alpha value is -3.03. The first-order chi connectivity index (χ1) is 11.1. The SMILES string of the molecule is COc1ccc(CCNC(=O)C(=O)Nc2ccon2)cc1OC. The first-order valence-electron chi connectivity index (χ1n) is 6.84. The maximum Gasteiger partial charge on any atom is 0.314 e. The van der Waals surface area contributed by atoms with Crippen LogP contribution in [0.3, 0.4) is 0 Å².